The summed E-state index contributed by atoms with van der Waals surface area (Å²) in [4.78, 5) is 10.3. The predicted octanol–water partition coefficient (Wildman–Crippen LogP) is 4.59. The molecule has 0 fully saturated rings. The molecule has 0 radical (unpaired) electrons. The van der Waals surface area contributed by atoms with Crippen LogP contribution in [0, 0.1) is 17.0 Å². The number of nitro groups is 1. The lowest BCUT2D eigenvalue weighted by molar-refractivity contribution is -0.385. The van der Waals surface area contributed by atoms with Crippen molar-refractivity contribution in [3.8, 4) is 0 Å². The first kappa shape index (κ1) is 19.2. The molecule has 2 aromatic rings. The molecule has 0 saturated carbocycles. The molecule has 2 aromatic carbocycles. The third-order valence-electron chi connectivity index (χ3n) is 3.40. The second-order valence-corrected chi connectivity index (χ2v) is 7.89. The highest BCUT2D eigenvalue weighted by Crippen LogP contribution is 2.31. The number of nitro benzene ring substituents is 1. The van der Waals surface area contributed by atoms with Crippen LogP contribution in [0.5, 0.6) is 0 Å². The molecule has 2 rings (SSSR count). The predicted molar refractivity (Wildman–Crippen MR) is 99.0 cm³/mol. The maximum absolute atomic E-state index is 13.0. The van der Waals surface area contributed by atoms with Gasteiger partial charge >= 0.3 is 0 Å². The highest BCUT2D eigenvalue weighted by atomic mass is 35.5. The smallest absolute Gasteiger partial charge is 0.262 e. The van der Waals surface area contributed by atoms with Crippen LogP contribution in [0.3, 0.4) is 0 Å². The van der Waals surface area contributed by atoms with Crippen molar-refractivity contribution in [1.29, 1.82) is 0 Å². The van der Waals surface area contributed by atoms with Crippen LogP contribution < -0.4 is 4.31 Å². The van der Waals surface area contributed by atoms with Crippen LogP contribution in [0.2, 0.25) is 10.0 Å². The number of anilines is 1. The fraction of sp³-hybridized carbons (Fsp3) is 0.125. The molecule has 0 aromatic heterocycles. The van der Waals surface area contributed by atoms with E-state index in [1.807, 2.05) is 0 Å². The number of halogens is 2. The lowest BCUT2D eigenvalue weighted by atomic mass is 10.2. The van der Waals surface area contributed by atoms with E-state index in [0.29, 0.717) is 5.56 Å². The van der Waals surface area contributed by atoms with Gasteiger partial charge in [-0.25, -0.2) is 8.42 Å². The molecule has 0 aliphatic rings. The summed E-state index contributed by atoms with van der Waals surface area (Å²) in [6.45, 7) is 5.04. The average Bonchev–Trinajstić information content (AvgIpc) is 2.51. The van der Waals surface area contributed by atoms with Crippen LogP contribution in [0.15, 0.2) is 53.9 Å². The highest BCUT2D eigenvalue weighted by molar-refractivity contribution is 7.92. The molecule has 0 unspecified atom stereocenters. The molecule has 0 spiro atoms. The molecule has 0 bridgehead atoms. The molecule has 0 N–H and O–H groups in total. The van der Waals surface area contributed by atoms with E-state index in [1.165, 1.54) is 43.3 Å². The van der Waals surface area contributed by atoms with E-state index in [-0.39, 0.29) is 32.9 Å². The first-order valence-electron chi connectivity index (χ1n) is 7.01. The van der Waals surface area contributed by atoms with Gasteiger partial charge in [-0.15, -0.1) is 6.58 Å². The van der Waals surface area contributed by atoms with Crippen LogP contribution in [0.25, 0.3) is 0 Å². The zero-order valence-electron chi connectivity index (χ0n) is 13.1. The molecule has 0 heterocycles. The van der Waals surface area contributed by atoms with Crippen molar-refractivity contribution in [3.05, 3.63) is 74.8 Å². The fourth-order valence-corrected chi connectivity index (χ4v) is 4.17. The van der Waals surface area contributed by atoms with E-state index in [1.54, 1.807) is 0 Å². The maximum Gasteiger partial charge on any atom is 0.273 e. The van der Waals surface area contributed by atoms with Crippen molar-refractivity contribution in [2.24, 2.45) is 0 Å². The van der Waals surface area contributed by atoms with E-state index in [0.717, 1.165) is 10.4 Å². The lowest BCUT2D eigenvalue weighted by Gasteiger charge is -2.23. The van der Waals surface area contributed by atoms with Crippen LogP contribution in [-0.2, 0) is 10.0 Å². The van der Waals surface area contributed by atoms with Gasteiger partial charge in [-0.1, -0.05) is 35.3 Å². The van der Waals surface area contributed by atoms with Gasteiger partial charge in [0.2, 0.25) is 0 Å². The van der Waals surface area contributed by atoms with Gasteiger partial charge in [0.05, 0.1) is 22.1 Å². The maximum atomic E-state index is 13.0. The molecule has 9 heteroatoms. The summed E-state index contributed by atoms with van der Waals surface area (Å²) in [6, 6.07) is 8.10. The molecule has 6 nitrogen and oxygen atoms in total. The summed E-state index contributed by atoms with van der Waals surface area (Å²) in [6.07, 6.45) is 1.40. The Morgan fingerprint density at radius 2 is 1.80 bits per heavy atom. The van der Waals surface area contributed by atoms with E-state index in [4.69, 9.17) is 23.2 Å². The Kier molecular flexibility index (Phi) is 5.72. The normalized spacial score (nSPS) is 11.2. The third kappa shape index (κ3) is 4.12. The topological polar surface area (TPSA) is 80.5 Å². The molecule has 0 amide bonds. The summed E-state index contributed by atoms with van der Waals surface area (Å²) in [7, 11) is -4.08. The van der Waals surface area contributed by atoms with Gasteiger partial charge in [0.15, 0.2) is 0 Å². The van der Waals surface area contributed by atoms with Gasteiger partial charge in [-0.05, 0) is 31.2 Å². The second kappa shape index (κ2) is 7.43. The second-order valence-electron chi connectivity index (χ2n) is 5.16. The molecular weight excluding hydrogens is 387 g/mol. The number of benzene rings is 2. The monoisotopic (exact) mass is 400 g/mol. The Bertz CT molecular complexity index is 925. The van der Waals surface area contributed by atoms with Crippen LogP contribution in [-0.4, -0.2) is 19.9 Å². The minimum absolute atomic E-state index is 0.0549. The first-order chi connectivity index (χ1) is 11.7. The van der Waals surface area contributed by atoms with Crippen molar-refractivity contribution >= 4 is 44.6 Å². The van der Waals surface area contributed by atoms with Crippen LogP contribution in [0.4, 0.5) is 11.4 Å². The SMILES string of the molecule is C=CCN(c1cc(Cl)cc(Cl)c1)S(=O)(=O)c1ccc(C)c([N+](=O)[O-])c1. The van der Waals surface area contributed by atoms with Crippen LogP contribution in [0.1, 0.15) is 5.56 Å². The number of nitrogens with zero attached hydrogens (tertiary/aromatic N) is 2. The van der Waals surface area contributed by atoms with E-state index in [2.05, 4.69) is 6.58 Å². The van der Waals surface area contributed by atoms with Crippen molar-refractivity contribution < 1.29 is 13.3 Å². The Morgan fingerprint density at radius 1 is 1.20 bits per heavy atom. The van der Waals surface area contributed by atoms with Gasteiger partial charge in [0, 0.05) is 21.7 Å². The van der Waals surface area contributed by atoms with Crippen molar-refractivity contribution in [2.45, 2.75) is 11.8 Å². The summed E-state index contributed by atoms with van der Waals surface area (Å²) in [5.74, 6) is 0. The number of sulfonamides is 1. The van der Waals surface area contributed by atoms with E-state index in [9.17, 15) is 18.5 Å². The third-order valence-corrected chi connectivity index (χ3v) is 5.62. The first-order valence-corrected chi connectivity index (χ1v) is 9.21. The van der Waals surface area contributed by atoms with Crippen molar-refractivity contribution in [3.63, 3.8) is 0 Å². The summed E-state index contributed by atoms with van der Waals surface area (Å²) < 4.78 is 27.0. The lowest BCUT2D eigenvalue weighted by Crippen LogP contribution is -2.31. The number of hydrogen-bond acceptors (Lipinski definition) is 4. The number of hydrogen-bond donors (Lipinski definition) is 0. The van der Waals surface area contributed by atoms with Gasteiger partial charge in [0.1, 0.15) is 0 Å². The van der Waals surface area contributed by atoms with Gasteiger partial charge in [-0.3, -0.25) is 14.4 Å². The number of rotatable bonds is 6. The Morgan fingerprint density at radius 3 is 2.32 bits per heavy atom. The summed E-state index contributed by atoms with van der Waals surface area (Å²) in [5, 5.41) is 11.6. The zero-order valence-corrected chi connectivity index (χ0v) is 15.5. The average molecular weight is 401 g/mol. The molecule has 132 valence electrons. The highest BCUT2D eigenvalue weighted by Gasteiger charge is 2.27. The van der Waals surface area contributed by atoms with E-state index >= 15 is 0 Å². The summed E-state index contributed by atoms with van der Waals surface area (Å²) in [5.41, 5.74) is 0.328. The molecule has 0 atom stereocenters. The molecule has 0 aliphatic carbocycles. The van der Waals surface area contributed by atoms with Gasteiger partial charge in [0.25, 0.3) is 15.7 Å². The largest absolute Gasteiger partial charge is 0.273 e. The summed E-state index contributed by atoms with van der Waals surface area (Å²) >= 11 is 11.9. The van der Waals surface area contributed by atoms with Gasteiger partial charge < -0.3 is 0 Å². The molecule has 25 heavy (non-hydrogen) atoms. The number of aryl methyl sites for hydroxylation is 1. The van der Waals surface area contributed by atoms with Crippen molar-refractivity contribution in [2.75, 3.05) is 10.8 Å². The van der Waals surface area contributed by atoms with Crippen LogP contribution >= 0.6 is 23.2 Å². The Hall–Kier alpha value is -2.09. The zero-order chi connectivity index (χ0) is 18.8. The van der Waals surface area contributed by atoms with E-state index < -0.39 is 14.9 Å². The quantitative estimate of drug-likeness (QED) is 0.403. The Balaban J connectivity index is 2.62. The molecule has 0 saturated heterocycles. The van der Waals surface area contributed by atoms with Gasteiger partial charge in [-0.2, -0.15) is 0 Å². The molecular formula is C16H14Cl2N2O4S. The molecule has 0 aliphatic heterocycles. The standard InChI is InChI=1S/C16H14Cl2N2O4S/c1-3-6-19(14-8-12(17)7-13(18)9-14)25(23,24)15-5-4-11(2)16(10-15)20(21)22/h3-5,7-10H,1,6H2,2H3. The minimum atomic E-state index is -4.08. The fourth-order valence-electron chi connectivity index (χ4n) is 2.22. The Labute approximate surface area is 155 Å². The minimum Gasteiger partial charge on any atom is -0.262 e. The van der Waals surface area contributed by atoms with Crippen molar-refractivity contribution in [1.82, 2.24) is 0 Å².